The fraction of sp³-hybridized carbons (Fsp3) is 0.364. The molecule has 1 aliphatic rings. The van der Waals surface area contributed by atoms with Gasteiger partial charge in [0.25, 0.3) is 11.1 Å². The van der Waals surface area contributed by atoms with Gasteiger partial charge in [-0.25, -0.2) is 9.97 Å². The van der Waals surface area contributed by atoms with Gasteiger partial charge in [-0.15, -0.1) is 11.3 Å². The van der Waals surface area contributed by atoms with E-state index in [0.717, 1.165) is 51.5 Å². The maximum absolute atomic E-state index is 13.5. The Kier molecular flexibility index (Phi) is 4.99. The summed E-state index contributed by atoms with van der Waals surface area (Å²) in [4.78, 5) is 37.3. The number of thioether (sulfide) groups is 1. The van der Waals surface area contributed by atoms with Crippen LogP contribution in [0.4, 0.5) is 0 Å². The number of hydrogen-bond acceptors (Lipinski definition) is 6. The minimum atomic E-state index is -0.0997. The van der Waals surface area contributed by atoms with Crippen molar-refractivity contribution in [3.63, 3.8) is 0 Å². The van der Waals surface area contributed by atoms with Gasteiger partial charge in [0.05, 0.1) is 11.1 Å². The van der Waals surface area contributed by atoms with Gasteiger partial charge in [-0.05, 0) is 44.4 Å². The van der Waals surface area contributed by atoms with Gasteiger partial charge in [0, 0.05) is 28.9 Å². The Balaban J connectivity index is 1.57. The number of hydrogen-bond donors (Lipinski definition) is 0. The van der Waals surface area contributed by atoms with Crippen LogP contribution in [0.25, 0.3) is 15.9 Å². The summed E-state index contributed by atoms with van der Waals surface area (Å²) in [5, 5.41) is 1.49. The normalized spacial score (nSPS) is 14.9. The van der Waals surface area contributed by atoms with Gasteiger partial charge < -0.3 is 0 Å². The second kappa shape index (κ2) is 7.67. The average molecular weight is 439 g/mol. The third kappa shape index (κ3) is 3.28. The van der Waals surface area contributed by atoms with Crippen LogP contribution in [0, 0.1) is 13.8 Å². The lowest BCUT2D eigenvalue weighted by Gasteiger charge is -2.18. The summed E-state index contributed by atoms with van der Waals surface area (Å²) >= 11 is 3.07. The van der Waals surface area contributed by atoms with Gasteiger partial charge in [-0.1, -0.05) is 30.7 Å². The average Bonchev–Trinajstić information content (AvgIpc) is 3.35. The first-order valence-electron chi connectivity index (χ1n) is 10.2. The second-order valence-corrected chi connectivity index (χ2v) is 9.92. The molecule has 0 unspecified atom stereocenters. The Labute approximate surface area is 181 Å². The van der Waals surface area contributed by atoms with Crippen molar-refractivity contribution in [1.29, 1.82) is 0 Å². The Morgan fingerprint density at radius 1 is 1.17 bits per heavy atom. The zero-order valence-electron chi connectivity index (χ0n) is 16.9. The number of aryl methyl sites for hydroxylation is 2. The van der Waals surface area contributed by atoms with E-state index < -0.39 is 0 Å². The second-order valence-electron chi connectivity index (χ2n) is 7.77. The van der Waals surface area contributed by atoms with E-state index in [1.165, 1.54) is 16.2 Å². The van der Waals surface area contributed by atoms with E-state index in [0.29, 0.717) is 17.1 Å². The quantitative estimate of drug-likeness (QED) is 0.347. The summed E-state index contributed by atoms with van der Waals surface area (Å²) < 4.78 is 3.44. The van der Waals surface area contributed by atoms with Crippen LogP contribution in [0.15, 0.2) is 45.2 Å². The van der Waals surface area contributed by atoms with Crippen molar-refractivity contribution in [2.75, 3.05) is 0 Å². The van der Waals surface area contributed by atoms with E-state index in [-0.39, 0.29) is 17.2 Å². The number of nitrogens with zero attached hydrogens (tertiary/aromatic N) is 4. The summed E-state index contributed by atoms with van der Waals surface area (Å²) in [7, 11) is 0. The third-order valence-electron chi connectivity index (χ3n) is 5.87. The molecule has 4 aromatic rings. The summed E-state index contributed by atoms with van der Waals surface area (Å²) in [6.07, 6.45) is 6.03. The molecule has 0 spiro atoms. The molecule has 0 aliphatic heterocycles. The van der Waals surface area contributed by atoms with Gasteiger partial charge in [0.1, 0.15) is 10.5 Å². The molecule has 154 valence electrons. The highest BCUT2D eigenvalue weighted by Gasteiger charge is 2.25. The maximum atomic E-state index is 13.5. The van der Waals surface area contributed by atoms with Gasteiger partial charge in [0.2, 0.25) is 0 Å². The molecule has 8 heteroatoms. The van der Waals surface area contributed by atoms with Gasteiger partial charge in [0.15, 0.2) is 5.16 Å². The van der Waals surface area contributed by atoms with Crippen molar-refractivity contribution in [2.24, 2.45) is 0 Å². The predicted molar refractivity (Wildman–Crippen MR) is 122 cm³/mol. The Bertz CT molecular complexity index is 1380. The molecule has 0 radical (unpaired) electrons. The summed E-state index contributed by atoms with van der Waals surface area (Å²) in [6.45, 7) is 4.05. The lowest BCUT2D eigenvalue weighted by atomic mass is 10.2. The van der Waals surface area contributed by atoms with Crippen LogP contribution in [0.3, 0.4) is 0 Å². The molecule has 0 aromatic carbocycles. The number of pyridine rings is 1. The maximum Gasteiger partial charge on any atom is 0.263 e. The van der Waals surface area contributed by atoms with Crippen molar-refractivity contribution in [3.05, 3.63) is 67.3 Å². The Morgan fingerprint density at radius 2 is 1.97 bits per heavy atom. The summed E-state index contributed by atoms with van der Waals surface area (Å²) in [5.74, 6) is 0.495. The van der Waals surface area contributed by atoms with Crippen LogP contribution in [0.2, 0.25) is 0 Å². The Morgan fingerprint density at radius 3 is 2.77 bits per heavy atom. The van der Waals surface area contributed by atoms with Gasteiger partial charge in [-0.2, -0.15) is 0 Å². The lowest BCUT2D eigenvalue weighted by Crippen LogP contribution is -2.26. The number of thiophene rings is 1. The first kappa shape index (κ1) is 19.5. The SMILES string of the molecule is Cc1sc2nc(SCc3cc(=O)n4ccccc4n3)n(C3CCCC3)c(=O)c2c1C. The molecule has 0 saturated heterocycles. The van der Waals surface area contributed by atoms with Crippen molar-refractivity contribution in [3.8, 4) is 0 Å². The van der Waals surface area contributed by atoms with E-state index in [4.69, 9.17) is 4.98 Å². The zero-order valence-corrected chi connectivity index (χ0v) is 18.6. The molecule has 6 nitrogen and oxygen atoms in total. The number of aromatic nitrogens is 4. The first-order valence-corrected chi connectivity index (χ1v) is 12.0. The van der Waals surface area contributed by atoms with Crippen LogP contribution >= 0.6 is 23.1 Å². The summed E-state index contributed by atoms with van der Waals surface area (Å²) in [5.41, 5.74) is 2.34. The topological polar surface area (TPSA) is 69.3 Å². The van der Waals surface area contributed by atoms with Crippen molar-refractivity contribution >= 4 is 39.0 Å². The van der Waals surface area contributed by atoms with Crippen molar-refractivity contribution in [1.82, 2.24) is 18.9 Å². The Hall–Kier alpha value is -2.45. The minimum Gasteiger partial charge on any atom is -0.284 e. The predicted octanol–water partition coefficient (Wildman–Crippen LogP) is 4.49. The van der Waals surface area contributed by atoms with E-state index >= 15 is 0 Å². The monoisotopic (exact) mass is 438 g/mol. The molecule has 1 fully saturated rings. The van der Waals surface area contributed by atoms with Crippen LogP contribution < -0.4 is 11.1 Å². The fourth-order valence-electron chi connectivity index (χ4n) is 4.19. The third-order valence-corrected chi connectivity index (χ3v) is 7.95. The molecule has 0 atom stereocenters. The first-order chi connectivity index (χ1) is 14.5. The van der Waals surface area contributed by atoms with Crippen LogP contribution in [-0.4, -0.2) is 18.9 Å². The number of fused-ring (bicyclic) bond motifs is 2. The summed E-state index contributed by atoms with van der Waals surface area (Å²) in [6, 6.07) is 7.27. The highest BCUT2D eigenvalue weighted by atomic mass is 32.2. The largest absolute Gasteiger partial charge is 0.284 e. The van der Waals surface area contributed by atoms with Crippen LogP contribution in [0.5, 0.6) is 0 Å². The molecule has 4 heterocycles. The lowest BCUT2D eigenvalue weighted by molar-refractivity contribution is 0.458. The van der Waals surface area contributed by atoms with Crippen molar-refractivity contribution < 1.29 is 0 Å². The zero-order chi connectivity index (χ0) is 20.8. The van der Waals surface area contributed by atoms with Crippen molar-refractivity contribution in [2.45, 2.75) is 56.5 Å². The van der Waals surface area contributed by atoms with E-state index in [1.54, 1.807) is 23.6 Å². The molecule has 4 aromatic heterocycles. The van der Waals surface area contributed by atoms with Gasteiger partial charge >= 0.3 is 0 Å². The van der Waals surface area contributed by atoms with Crippen LogP contribution in [-0.2, 0) is 5.75 Å². The number of rotatable bonds is 4. The molecule has 30 heavy (non-hydrogen) atoms. The fourth-order valence-corrected chi connectivity index (χ4v) is 6.22. The minimum absolute atomic E-state index is 0.0720. The molecule has 0 amide bonds. The standard InChI is InChI=1S/C22H22N4O2S2/c1-13-14(2)30-20-19(13)21(28)26(16-7-3-4-8-16)22(24-20)29-12-15-11-18(27)25-10-6-5-9-17(25)23-15/h5-6,9-11,16H,3-4,7-8,12H2,1-2H3. The highest BCUT2D eigenvalue weighted by molar-refractivity contribution is 7.98. The molecular formula is C22H22N4O2S2. The van der Waals surface area contributed by atoms with Crippen LogP contribution in [0.1, 0.15) is 47.9 Å². The van der Waals surface area contributed by atoms with E-state index in [9.17, 15) is 9.59 Å². The van der Waals surface area contributed by atoms with E-state index in [1.807, 2.05) is 36.6 Å². The molecule has 1 aliphatic carbocycles. The van der Waals surface area contributed by atoms with E-state index in [2.05, 4.69) is 4.98 Å². The molecular weight excluding hydrogens is 416 g/mol. The molecule has 1 saturated carbocycles. The molecule has 0 bridgehead atoms. The smallest absolute Gasteiger partial charge is 0.263 e. The molecule has 5 rings (SSSR count). The highest BCUT2D eigenvalue weighted by Crippen LogP contribution is 2.35. The molecule has 0 N–H and O–H groups in total. The van der Waals surface area contributed by atoms with Gasteiger partial charge in [-0.3, -0.25) is 18.6 Å².